The van der Waals surface area contributed by atoms with Gasteiger partial charge in [-0.1, -0.05) is 20.8 Å². The van der Waals surface area contributed by atoms with E-state index in [0.29, 0.717) is 43.9 Å². The monoisotopic (exact) mass is 474 g/mol. The number of carbonyl (C=O) groups excluding carboxylic acids is 1. The Morgan fingerprint density at radius 2 is 1.89 bits per heavy atom. The predicted octanol–water partition coefficient (Wildman–Crippen LogP) is 2.84. The van der Waals surface area contributed by atoms with Crippen molar-refractivity contribution in [3.8, 4) is 6.07 Å². The van der Waals surface area contributed by atoms with E-state index in [1.165, 1.54) is 4.57 Å². The zero-order valence-corrected chi connectivity index (χ0v) is 20.4. The molecular weight excluding hydrogens is 444 g/mol. The zero-order chi connectivity index (χ0) is 25.1. The fourth-order valence-electron chi connectivity index (χ4n) is 4.48. The van der Waals surface area contributed by atoms with Crippen LogP contribution in [0.5, 0.6) is 0 Å². The van der Waals surface area contributed by atoms with Gasteiger partial charge in [0.2, 0.25) is 0 Å². The molecule has 0 unspecified atom stereocenters. The highest BCUT2D eigenvalue weighted by molar-refractivity contribution is 6.05. The summed E-state index contributed by atoms with van der Waals surface area (Å²) in [5.41, 5.74) is 1.75. The first-order valence-electron chi connectivity index (χ1n) is 12.1. The van der Waals surface area contributed by atoms with Crippen LogP contribution in [0.1, 0.15) is 61.1 Å². The molecule has 3 heterocycles. The lowest BCUT2D eigenvalue weighted by molar-refractivity contribution is 0.0768. The summed E-state index contributed by atoms with van der Waals surface area (Å²) in [5.74, 6) is -0.209. The molecule has 0 radical (unpaired) electrons. The van der Waals surface area contributed by atoms with E-state index in [4.69, 9.17) is 5.26 Å². The molecule has 1 N–H and O–H groups in total. The van der Waals surface area contributed by atoms with Crippen LogP contribution < -0.4 is 16.1 Å². The lowest BCUT2D eigenvalue weighted by atomic mass is 10.0. The molecule has 1 aliphatic heterocycles. The first kappa shape index (κ1) is 24.2. The third-order valence-corrected chi connectivity index (χ3v) is 6.38. The molecular formula is C26H30N6O3. The highest BCUT2D eigenvalue weighted by atomic mass is 16.2. The molecule has 1 aliphatic rings. The number of benzene rings is 1. The topological polar surface area (TPSA) is 115 Å². The quantitative estimate of drug-likeness (QED) is 0.608. The van der Waals surface area contributed by atoms with Gasteiger partial charge >= 0.3 is 5.69 Å². The maximum absolute atomic E-state index is 13.8. The smallest absolute Gasteiger partial charge is 0.329 e. The zero-order valence-electron chi connectivity index (χ0n) is 20.4. The lowest BCUT2D eigenvalue weighted by Crippen LogP contribution is -2.37. The van der Waals surface area contributed by atoms with E-state index in [9.17, 15) is 14.4 Å². The van der Waals surface area contributed by atoms with E-state index in [1.54, 1.807) is 23.1 Å². The van der Waals surface area contributed by atoms with Crippen molar-refractivity contribution in [2.75, 3.05) is 31.1 Å². The Bertz CT molecular complexity index is 1400. The molecule has 9 heteroatoms. The number of pyridine rings is 1. The highest BCUT2D eigenvalue weighted by Gasteiger charge is 2.26. The van der Waals surface area contributed by atoms with Crippen LogP contribution in [0.4, 0.5) is 5.69 Å². The van der Waals surface area contributed by atoms with E-state index in [2.05, 4.69) is 20.9 Å². The molecule has 1 saturated heterocycles. The molecule has 182 valence electrons. The Morgan fingerprint density at radius 1 is 1.14 bits per heavy atom. The number of aromatic amines is 1. The number of nitrogens with one attached hydrogen (secondary N) is 1. The maximum Gasteiger partial charge on any atom is 0.329 e. The Kier molecular flexibility index (Phi) is 7.01. The van der Waals surface area contributed by atoms with E-state index in [-0.39, 0.29) is 28.4 Å². The largest absolute Gasteiger partial charge is 0.370 e. The van der Waals surface area contributed by atoms with Gasteiger partial charge in [-0.3, -0.25) is 19.1 Å². The Morgan fingerprint density at radius 3 is 2.54 bits per heavy atom. The number of aryl methyl sites for hydroxylation is 1. The molecule has 4 rings (SSSR count). The number of nitrogens with zero attached hydrogens (tertiary/aromatic N) is 5. The number of nitriles is 1. The minimum absolute atomic E-state index is 0.0198. The summed E-state index contributed by atoms with van der Waals surface area (Å²) >= 11 is 0. The van der Waals surface area contributed by atoms with Gasteiger partial charge in [-0.2, -0.15) is 5.26 Å². The van der Waals surface area contributed by atoms with Gasteiger partial charge in [0.25, 0.3) is 11.5 Å². The van der Waals surface area contributed by atoms with Crippen LogP contribution in [0.2, 0.25) is 0 Å². The molecule has 1 fully saturated rings. The molecule has 2 aromatic heterocycles. The van der Waals surface area contributed by atoms with Gasteiger partial charge in [0.1, 0.15) is 0 Å². The summed E-state index contributed by atoms with van der Waals surface area (Å²) in [6.07, 6.45) is 1.46. The van der Waals surface area contributed by atoms with Crippen LogP contribution in [0, 0.1) is 11.3 Å². The number of rotatable bonds is 5. The van der Waals surface area contributed by atoms with Crippen molar-refractivity contribution in [3.05, 3.63) is 68.0 Å². The number of fused-ring (bicyclic) bond motifs is 1. The third-order valence-electron chi connectivity index (χ3n) is 6.38. The third kappa shape index (κ3) is 4.83. The molecule has 1 amide bonds. The number of H-pyrrole nitrogens is 1. The van der Waals surface area contributed by atoms with Crippen LogP contribution in [0.3, 0.4) is 0 Å². The predicted molar refractivity (Wildman–Crippen MR) is 135 cm³/mol. The van der Waals surface area contributed by atoms with Gasteiger partial charge in [0.05, 0.1) is 22.6 Å². The van der Waals surface area contributed by atoms with Crippen molar-refractivity contribution in [1.29, 1.82) is 5.26 Å². The minimum atomic E-state index is -0.586. The fourth-order valence-corrected chi connectivity index (χ4v) is 4.48. The summed E-state index contributed by atoms with van der Waals surface area (Å²) in [6, 6.07) is 11.3. The first-order chi connectivity index (χ1) is 16.8. The second kappa shape index (κ2) is 10.1. The normalized spacial score (nSPS) is 14.3. The molecule has 3 aromatic rings. The average Bonchev–Trinajstić information content (AvgIpc) is 3.11. The second-order valence-electron chi connectivity index (χ2n) is 9.15. The molecule has 35 heavy (non-hydrogen) atoms. The summed E-state index contributed by atoms with van der Waals surface area (Å²) in [5, 5.41) is 9.21. The van der Waals surface area contributed by atoms with Crippen LogP contribution >= 0.6 is 0 Å². The van der Waals surface area contributed by atoms with Crippen molar-refractivity contribution in [3.63, 3.8) is 0 Å². The highest BCUT2D eigenvalue weighted by Crippen LogP contribution is 2.23. The fraction of sp³-hybridized carbons (Fsp3) is 0.423. The Balaban J connectivity index is 1.71. The average molecular weight is 475 g/mol. The van der Waals surface area contributed by atoms with Crippen LogP contribution in [-0.2, 0) is 6.54 Å². The van der Waals surface area contributed by atoms with Crippen LogP contribution in [-0.4, -0.2) is 51.5 Å². The molecule has 0 aliphatic carbocycles. The van der Waals surface area contributed by atoms with Gasteiger partial charge in [0, 0.05) is 44.1 Å². The number of aromatic nitrogens is 3. The first-order valence-corrected chi connectivity index (χ1v) is 12.1. The van der Waals surface area contributed by atoms with Crippen LogP contribution in [0.25, 0.3) is 11.0 Å². The van der Waals surface area contributed by atoms with E-state index in [1.807, 2.05) is 32.9 Å². The number of anilines is 1. The number of amides is 1. The molecule has 9 nitrogen and oxygen atoms in total. The number of hydrogen-bond donors (Lipinski definition) is 1. The summed E-state index contributed by atoms with van der Waals surface area (Å²) in [6.45, 7) is 8.75. The van der Waals surface area contributed by atoms with Gasteiger partial charge < -0.3 is 9.80 Å². The standard InChI is InChI=1S/C26H30N6O3/c1-4-10-32-23-22(24(33)29-26(32)35)20(15-21(28-23)17(2)3)25(34)31-12-5-11-30(13-14-31)19-8-6-18(16-27)7-9-19/h6-9,15,17H,4-5,10-14H2,1-3H3,(H,29,33,35). The van der Waals surface area contributed by atoms with Crippen LogP contribution in [0.15, 0.2) is 39.9 Å². The van der Waals surface area contributed by atoms with Crippen molar-refractivity contribution in [2.24, 2.45) is 0 Å². The van der Waals surface area contributed by atoms with E-state index < -0.39 is 11.2 Å². The molecule has 0 spiro atoms. The number of carbonyl (C=O) groups is 1. The van der Waals surface area contributed by atoms with E-state index in [0.717, 1.165) is 18.7 Å². The minimum Gasteiger partial charge on any atom is -0.370 e. The maximum atomic E-state index is 13.8. The molecule has 1 aromatic carbocycles. The van der Waals surface area contributed by atoms with Crippen molar-refractivity contribution in [2.45, 2.75) is 46.1 Å². The molecule has 0 atom stereocenters. The SMILES string of the molecule is CCCn1c(=O)[nH]c(=O)c2c(C(=O)N3CCCN(c4ccc(C#N)cc4)CC3)cc(C(C)C)nc21. The Hall–Kier alpha value is -3.93. The van der Waals surface area contributed by atoms with Gasteiger partial charge in [-0.25, -0.2) is 9.78 Å². The number of hydrogen-bond acceptors (Lipinski definition) is 6. The van der Waals surface area contributed by atoms with Crippen molar-refractivity contribution >= 4 is 22.6 Å². The summed E-state index contributed by atoms with van der Waals surface area (Å²) in [7, 11) is 0. The molecule has 0 bridgehead atoms. The Labute approximate surface area is 203 Å². The second-order valence-corrected chi connectivity index (χ2v) is 9.15. The van der Waals surface area contributed by atoms with Gasteiger partial charge in [0.15, 0.2) is 5.65 Å². The molecule has 0 saturated carbocycles. The van der Waals surface area contributed by atoms with E-state index >= 15 is 0 Å². The summed E-state index contributed by atoms with van der Waals surface area (Å²) in [4.78, 5) is 50.2. The van der Waals surface area contributed by atoms with Crippen molar-refractivity contribution in [1.82, 2.24) is 19.4 Å². The lowest BCUT2D eigenvalue weighted by Gasteiger charge is -2.24. The van der Waals surface area contributed by atoms with Gasteiger partial charge in [-0.15, -0.1) is 0 Å². The van der Waals surface area contributed by atoms with Crippen molar-refractivity contribution < 1.29 is 4.79 Å². The summed E-state index contributed by atoms with van der Waals surface area (Å²) < 4.78 is 1.45. The van der Waals surface area contributed by atoms with Gasteiger partial charge in [-0.05, 0) is 49.1 Å².